The molecule has 1 aliphatic heterocycles. The van der Waals surface area contributed by atoms with Gasteiger partial charge in [-0.3, -0.25) is 0 Å². The van der Waals surface area contributed by atoms with Crippen molar-refractivity contribution in [1.82, 2.24) is 19.7 Å². The van der Waals surface area contributed by atoms with Crippen LogP contribution in [0.25, 0.3) is 0 Å². The van der Waals surface area contributed by atoms with Crippen molar-refractivity contribution in [3.63, 3.8) is 0 Å². The van der Waals surface area contributed by atoms with E-state index in [1.54, 1.807) is 27.7 Å². The molecule has 0 unspecified atom stereocenters. The summed E-state index contributed by atoms with van der Waals surface area (Å²) in [6, 6.07) is -1.09. The molecule has 1 fully saturated rings. The zero-order valence-corrected chi connectivity index (χ0v) is 24.7. The SMILES string of the molecule is CC(C)OC(=O)[C@H](C)N[PH](S)(N[C@@H](C)C(=O)OC(C)C)OC[C@@]1(C(F)F)O[C@@H](n2ccc(N)nc2=O)[C@@H](F)[C@@H]1O. The molecular formula is C22H37F3N5O8PS. The van der Waals surface area contributed by atoms with Gasteiger partial charge in [0.2, 0.25) is 0 Å². The van der Waals surface area contributed by atoms with E-state index >= 15 is 4.39 Å². The van der Waals surface area contributed by atoms with Gasteiger partial charge in [0.05, 0.1) is 0 Å². The molecule has 18 heteroatoms. The van der Waals surface area contributed by atoms with E-state index in [1.807, 2.05) is 0 Å². The van der Waals surface area contributed by atoms with Crippen LogP contribution in [0.3, 0.4) is 0 Å². The molecule has 2 rings (SSSR count). The predicted octanol–water partition coefficient (Wildman–Crippen LogP) is 1.27. The third kappa shape index (κ3) is 8.27. The second kappa shape index (κ2) is 13.8. The number of aliphatic hydroxyl groups excluding tert-OH is 1. The summed E-state index contributed by atoms with van der Waals surface area (Å²) in [6.45, 7) is 3.99. The van der Waals surface area contributed by atoms with Crippen molar-refractivity contribution in [2.75, 3.05) is 12.3 Å². The number of hydrogen-bond donors (Lipinski definition) is 5. The normalized spacial score (nSPS) is 25.3. The molecule has 5 N–H and O–H groups in total. The van der Waals surface area contributed by atoms with Crippen LogP contribution in [0.5, 0.6) is 0 Å². The summed E-state index contributed by atoms with van der Waals surface area (Å²) in [4.78, 5) is 40.5. The van der Waals surface area contributed by atoms with Gasteiger partial charge in [-0.15, -0.1) is 0 Å². The first-order valence-electron chi connectivity index (χ1n) is 12.4. The fourth-order valence-corrected chi connectivity index (χ4v) is 7.14. The van der Waals surface area contributed by atoms with E-state index in [1.165, 1.54) is 13.8 Å². The van der Waals surface area contributed by atoms with Crippen LogP contribution in [-0.2, 0) is 28.3 Å². The molecule has 40 heavy (non-hydrogen) atoms. The molecular weight excluding hydrogens is 582 g/mol. The van der Waals surface area contributed by atoms with Crippen LogP contribution in [0.4, 0.5) is 19.0 Å². The Labute approximate surface area is 235 Å². The molecule has 230 valence electrons. The molecule has 0 amide bonds. The summed E-state index contributed by atoms with van der Waals surface area (Å²) >= 11 is 4.44. The number of carbonyl (C=O) groups is 2. The van der Waals surface area contributed by atoms with E-state index in [0.717, 1.165) is 12.3 Å². The van der Waals surface area contributed by atoms with E-state index in [0.29, 0.717) is 4.57 Å². The maximum absolute atomic E-state index is 15.2. The molecule has 1 saturated heterocycles. The van der Waals surface area contributed by atoms with Crippen LogP contribution < -0.4 is 21.6 Å². The third-order valence-corrected chi connectivity index (χ3v) is 9.02. The molecule has 0 saturated carbocycles. The van der Waals surface area contributed by atoms with E-state index in [-0.39, 0.29) is 5.82 Å². The summed E-state index contributed by atoms with van der Waals surface area (Å²) in [5.41, 5.74) is 1.35. The van der Waals surface area contributed by atoms with E-state index < -0.39 is 86.0 Å². The summed E-state index contributed by atoms with van der Waals surface area (Å²) in [5, 5.41) is 16.0. The summed E-state index contributed by atoms with van der Waals surface area (Å²) in [6.07, 6.45) is -10.5. The minimum atomic E-state index is -4.09. The Morgan fingerprint density at radius 1 is 1.18 bits per heavy atom. The number of nitrogen functional groups attached to an aromatic ring is 1. The number of aromatic nitrogens is 2. The Balaban J connectivity index is 2.38. The molecule has 0 bridgehead atoms. The molecule has 0 aromatic carbocycles. The Hall–Kier alpha value is -2.01. The minimum absolute atomic E-state index is 0.197. The first-order chi connectivity index (χ1) is 18.4. The predicted molar refractivity (Wildman–Crippen MR) is 144 cm³/mol. The van der Waals surface area contributed by atoms with Crippen molar-refractivity contribution >= 4 is 37.0 Å². The van der Waals surface area contributed by atoms with Gasteiger partial charge in [0.15, 0.2) is 0 Å². The number of ether oxygens (including phenoxy) is 3. The molecule has 0 radical (unpaired) electrons. The van der Waals surface area contributed by atoms with E-state index in [9.17, 15) is 28.3 Å². The molecule has 0 spiro atoms. The van der Waals surface area contributed by atoms with Gasteiger partial charge in [0.25, 0.3) is 0 Å². The van der Waals surface area contributed by atoms with Crippen molar-refractivity contribution < 1.29 is 46.6 Å². The van der Waals surface area contributed by atoms with Crippen molar-refractivity contribution in [3.8, 4) is 0 Å². The van der Waals surface area contributed by atoms with Crippen LogP contribution in [0.15, 0.2) is 17.1 Å². The zero-order valence-electron chi connectivity index (χ0n) is 22.8. The maximum atomic E-state index is 15.2. The average Bonchev–Trinajstić information content (AvgIpc) is 3.08. The monoisotopic (exact) mass is 619 g/mol. The molecule has 6 atom stereocenters. The first-order valence-corrected chi connectivity index (χ1v) is 15.6. The quantitative estimate of drug-likeness (QED) is 0.122. The van der Waals surface area contributed by atoms with Crippen LogP contribution in [-0.4, -0.2) is 81.8 Å². The molecule has 2 heterocycles. The van der Waals surface area contributed by atoms with Crippen molar-refractivity contribution in [1.29, 1.82) is 0 Å². The Bertz CT molecular complexity index is 1070. The number of anilines is 1. The summed E-state index contributed by atoms with van der Waals surface area (Å²) in [7, 11) is 0. The number of carbonyl (C=O) groups excluding carboxylic acids is 2. The second-order valence-electron chi connectivity index (χ2n) is 9.83. The zero-order chi connectivity index (χ0) is 30.6. The van der Waals surface area contributed by atoms with Crippen molar-refractivity contribution in [2.24, 2.45) is 0 Å². The summed E-state index contributed by atoms with van der Waals surface area (Å²) in [5.74, 6) is -1.66. The van der Waals surface area contributed by atoms with Crippen LogP contribution >= 0.6 is 19.2 Å². The van der Waals surface area contributed by atoms with Crippen molar-refractivity contribution in [3.05, 3.63) is 22.7 Å². The van der Waals surface area contributed by atoms with Gasteiger partial charge in [-0.1, -0.05) is 0 Å². The Morgan fingerprint density at radius 3 is 2.10 bits per heavy atom. The first kappa shape index (κ1) is 34.2. The summed E-state index contributed by atoms with van der Waals surface area (Å²) < 4.78 is 65.9. The number of nitrogens with one attached hydrogen (secondary N) is 2. The number of nitrogens with two attached hydrogens (primary N) is 1. The molecule has 1 aliphatic rings. The molecule has 1 aromatic heterocycles. The standard InChI is InChI=1S/C22H37F3N5O8PS/c1-10(2)36-18(32)12(5)28-39(40,29-13(6)19(33)37-11(3)4)35-9-22(20(24)25)16(31)15(23)17(38-22)30-8-7-14(26)27-21(30)34/h7-8,10-13,15-17,20,28-29,31,39-40H,9H2,1-6H3,(H2,26,27,34)/t12-,13-,15-,16-,17+,22+/m0/s1. The topological polar surface area (TPSA) is 176 Å². The van der Waals surface area contributed by atoms with Crippen molar-refractivity contribution in [2.45, 2.75) is 96.4 Å². The fourth-order valence-electron chi connectivity index (χ4n) is 3.69. The number of hydrogen-bond acceptors (Lipinski definition) is 13. The van der Waals surface area contributed by atoms with Crippen LogP contribution in [0.1, 0.15) is 47.8 Å². The molecule has 1 aromatic rings. The van der Waals surface area contributed by atoms with Gasteiger partial charge >= 0.3 is 235 Å². The van der Waals surface area contributed by atoms with Crippen LogP contribution in [0, 0.1) is 0 Å². The number of nitrogens with zero attached hydrogens (tertiary/aromatic N) is 2. The molecule has 0 aliphatic carbocycles. The van der Waals surface area contributed by atoms with Gasteiger partial charge in [-0.2, -0.15) is 0 Å². The Morgan fingerprint density at radius 2 is 1.68 bits per heavy atom. The second-order valence-corrected chi connectivity index (χ2v) is 13.9. The molecule has 13 nitrogen and oxygen atoms in total. The fraction of sp³-hybridized carbons (Fsp3) is 0.727. The van der Waals surface area contributed by atoms with Gasteiger partial charge in [0.1, 0.15) is 0 Å². The van der Waals surface area contributed by atoms with Gasteiger partial charge < -0.3 is 0 Å². The number of halogens is 3. The van der Waals surface area contributed by atoms with Gasteiger partial charge in [-0.25, -0.2) is 0 Å². The Kier molecular flexibility index (Phi) is 11.8. The number of rotatable bonds is 13. The van der Waals surface area contributed by atoms with Gasteiger partial charge in [0, 0.05) is 0 Å². The third-order valence-electron chi connectivity index (χ3n) is 5.65. The average molecular weight is 620 g/mol. The number of esters is 2. The van der Waals surface area contributed by atoms with Gasteiger partial charge in [-0.05, 0) is 0 Å². The van der Waals surface area contributed by atoms with Crippen LogP contribution in [0.2, 0.25) is 0 Å². The number of alkyl halides is 3. The number of thiol groups is 1. The van der Waals surface area contributed by atoms with E-state index in [4.69, 9.17) is 24.5 Å². The van der Waals surface area contributed by atoms with E-state index in [2.05, 4.69) is 27.4 Å². The number of aliphatic hydroxyl groups is 1.